The summed E-state index contributed by atoms with van der Waals surface area (Å²) in [5.74, 6) is 0. The summed E-state index contributed by atoms with van der Waals surface area (Å²) in [5.41, 5.74) is 3.29. The van der Waals surface area contributed by atoms with Gasteiger partial charge in [0.05, 0.1) is 0 Å². The predicted octanol–water partition coefficient (Wildman–Crippen LogP) is 6.26. The van der Waals surface area contributed by atoms with E-state index in [2.05, 4.69) is 49.4 Å². The second-order valence-corrected chi connectivity index (χ2v) is 6.50. The third-order valence-corrected chi connectivity index (χ3v) is 5.55. The van der Waals surface area contributed by atoms with E-state index in [1.807, 2.05) is 23.5 Å². The first kappa shape index (κ1) is 11.4. The fourth-order valence-corrected chi connectivity index (χ4v) is 4.47. The quantitative estimate of drug-likeness (QED) is 0.327. The third-order valence-electron chi connectivity index (χ3n) is 4.25. The topological polar surface area (TPSA) is 13.1 Å². The van der Waals surface area contributed by atoms with E-state index in [1.165, 1.54) is 36.5 Å². The lowest BCUT2D eigenvalue weighted by Crippen LogP contribution is -1.76. The van der Waals surface area contributed by atoms with Gasteiger partial charge in [0.15, 0.2) is 0 Å². The number of rotatable bonds is 0. The zero-order valence-corrected chi connectivity index (χ0v) is 12.3. The molecule has 0 aliphatic rings. The Hall–Kier alpha value is -2.32. The number of hydrogen-bond donors (Lipinski definition) is 0. The van der Waals surface area contributed by atoms with Gasteiger partial charge in [-0.25, -0.2) is 0 Å². The second kappa shape index (κ2) is 3.86. The molecular formula is C19H12OS. The van der Waals surface area contributed by atoms with Gasteiger partial charge in [-0.2, -0.15) is 0 Å². The summed E-state index contributed by atoms with van der Waals surface area (Å²) in [6.07, 6.45) is 0. The molecule has 0 N–H and O–H groups in total. The average molecular weight is 288 g/mol. The lowest BCUT2D eigenvalue weighted by Gasteiger charge is -1.99. The predicted molar refractivity (Wildman–Crippen MR) is 91.3 cm³/mol. The summed E-state index contributed by atoms with van der Waals surface area (Å²) in [7, 11) is 0. The van der Waals surface area contributed by atoms with Gasteiger partial charge < -0.3 is 4.42 Å². The molecule has 21 heavy (non-hydrogen) atoms. The fraction of sp³-hybridized carbons (Fsp3) is 0.0526. The zero-order chi connectivity index (χ0) is 14.0. The van der Waals surface area contributed by atoms with Crippen LogP contribution in [0.4, 0.5) is 0 Å². The van der Waals surface area contributed by atoms with Crippen molar-refractivity contribution in [3.8, 4) is 0 Å². The van der Waals surface area contributed by atoms with Gasteiger partial charge in [-0.1, -0.05) is 36.4 Å². The minimum Gasteiger partial charge on any atom is -0.456 e. The molecule has 0 saturated heterocycles. The van der Waals surface area contributed by atoms with Crippen molar-refractivity contribution < 1.29 is 4.42 Å². The first-order valence-corrected chi connectivity index (χ1v) is 7.87. The maximum atomic E-state index is 6.06. The van der Waals surface area contributed by atoms with Crippen LogP contribution in [-0.4, -0.2) is 0 Å². The number of thiophene rings is 1. The smallest absolute Gasteiger partial charge is 0.136 e. The molecule has 0 saturated carbocycles. The van der Waals surface area contributed by atoms with Crippen LogP contribution >= 0.6 is 11.3 Å². The zero-order valence-electron chi connectivity index (χ0n) is 11.5. The van der Waals surface area contributed by atoms with Crippen molar-refractivity contribution in [3.05, 3.63) is 60.2 Å². The van der Waals surface area contributed by atoms with Crippen LogP contribution in [0.2, 0.25) is 0 Å². The minimum absolute atomic E-state index is 0.970. The van der Waals surface area contributed by atoms with Crippen molar-refractivity contribution in [1.29, 1.82) is 0 Å². The Kier molecular flexibility index (Phi) is 2.09. The largest absolute Gasteiger partial charge is 0.456 e. The van der Waals surface area contributed by atoms with Crippen LogP contribution in [0.25, 0.3) is 42.1 Å². The van der Waals surface area contributed by atoms with E-state index in [1.54, 1.807) is 0 Å². The number of furan rings is 1. The van der Waals surface area contributed by atoms with Gasteiger partial charge in [0.2, 0.25) is 0 Å². The summed E-state index contributed by atoms with van der Waals surface area (Å²) in [6.45, 7) is 2.21. The molecular weight excluding hydrogens is 276 g/mol. The normalized spacial score (nSPS) is 12.0. The van der Waals surface area contributed by atoms with E-state index in [0.29, 0.717) is 0 Å². The Balaban J connectivity index is 2.10. The van der Waals surface area contributed by atoms with E-state index in [9.17, 15) is 0 Å². The molecule has 5 rings (SSSR count). The Labute approximate surface area is 125 Å². The molecule has 2 aromatic heterocycles. The average Bonchev–Trinajstić information content (AvgIpc) is 3.06. The molecule has 2 heterocycles. The summed E-state index contributed by atoms with van der Waals surface area (Å²) >= 11 is 1.87. The van der Waals surface area contributed by atoms with E-state index in [0.717, 1.165) is 11.2 Å². The number of hydrogen-bond acceptors (Lipinski definition) is 2. The van der Waals surface area contributed by atoms with E-state index >= 15 is 0 Å². The highest BCUT2D eigenvalue weighted by Gasteiger charge is 2.15. The summed E-state index contributed by atoms with van der Waals surface area (Å²) in [5, 5.41) is 5.09. The SMILES string of the molecule is Cc1c2sc3ccccc3c2cc2oc3ccccc3c12. The van der Waals surface area contributed by atoms with Crippen molar-refractivity contribution in [2.45, 2.75) is 6.92 Å². The van der Waals surface area contributed by atoms with Crippen molar-refractivity contribution in [2.24, 2.45) is 0 Å². The summed E-state index contributed by atoms with van der Waals surface area (Å²) in [4.78, 5) is 0. The highest BCUT2D eigenvalue weighted by Crippen LogP contribution is 2.42. The molecule has 2 heteroatoms. The van der Waals surface area contributed by atoms with Crippen LogP contribution in [0, 0.1) is 6.92 Å². The minimum atomic E-state index is 0.970. The molecule has 0 aliphatic carbocycles. The molecule has 0 amide bonds. The maximum Gasteiger partial charge on any atom is 0.136 e. The molecule has 0 unspecified atom stereocenters. The highest BCUT2D eigenvalue weighted by atomic mass is 32.1. The molecule has 5 aromatic rings. The lowest BCUT2D eigenvalue weighted by molar-refractivity contribution is 0.669. The van der Waals surface area contributed by atoms with E-state index < -0.39 is 0 Å². The number of aryl methyl sites for hydroxylation is 1. The highest BCUT2D eigenvalue weighted by molar-refractivity contribution is 7.26. The molecule has 0 fully saturated rings. The molecule has 0 atom stereocenters. The van der Waals surface area contributed by atoms with Gasteiger partial charge in [-0.15, -0.1) is 11.3 Å². The van der Waals surface area contributed by atoms with Gasteiger partial charge >= 0.3 is 0 Å². The van der Waals surface area contributed by atoms with Crippen LogP contribution in [0.3, 0.4) is 0 Å². The number of benzene rings is 3. The molecule has 0 radical (unpaired) electrons. The van der Waals surface area contributed by atoms with Crippen molar-refractivity contribution in [3.63, 3.8) is 0 Å². The van der Waals surface area contributed by atoms with Gasteiger partial charge in [-0.3, -0.25) is 0 Å². The lowest BCUT2D eigenvalue weighted by atomic mass is 10.0. The van der Waals surface area contributed by atoms with Crippen LogP contribution in [0.5, 0.6) is 0 Å². The summed E-state index contributed by atoms with van der Waals surface area (Å²) in [6, 6.07) is 19.1. The Morgan fingerprint density at radius 2 is 1.57 bits per heavy atom. The molecule has 0 spiro atoms. The maximum absolute atomic E-state index is 6.06. The first-order valence-electron chi connectivity index (χ1n) is 7.05. The first-order chi connectivity index (χ1) is 10.3. The molecule has 0 bridgehead atoms. The van der Waals surface area contributed by atoms with Gasteiger partial charge in [0.25, 0.3) is 0 Å². The van der Waals surface area contributed by atoms with Crippen molar-refractivity contribution in [1.82, 2.24) is 0 Å². The van der Waals surface area contributed by atoms with Crippen LogP contribution < -0.4 is 0 Å². The Bertz CT molecular complexity index is 1140. The van der Waals surface area contributed by atoms with Crippen molar-refractivity contribution in [2.75, 3.05) is 0 Å². The number of para-hydroxylation sites is 1. The molecule has 3 aromatic carbocycles. The molecule has 1 nitrogen and oxygen atoms in total. The van der Waals surface area contributed by atoms with Crippen LogP contribution in [0.15, 0.2) is 59.0 Å². The van der Waals surface area contributed by atoms with Gasteiger partial charge in [0, 0.05) is 30.9 Å². The van der Waals surface area contributed by atoms with E-state index in [-0.39, 0.29) is 0 Å². The second-order valence-electron chi connectivity index (χ2n) is 5.45. The van der Waals surface area contributed by atoms with Crippen molar-refractivity contribution >= 4 is 53.4 Å². The Morgan fingerprint density at radius 1 is 0.810 bits per heavy atom. The standard InChI is InChI=1S/C19H12OS/c1-11-18-13-7-2-4-8-15(13)20-16(18)10-14-12-6-3-5-9-17(12)21-19(11)14/h2-10H,1H3. The monoisotopic (exact) mass is 288 g/mol. The molecule has 100 valence electrons. The Morgan fingerprint density at radius 3 is 2.48 bits per heavy atom. The number of fused-ring (bicyclic) bond motifs is 6. The third kappa shape index (κ3) is 1.40. The molecule has 0 aliphatic heterocycles. The van der Waals surface area contributed by atoms with Crippen LogP contribution in [0.1, 0.15) is 5.56 Å². The van der Waals surface area contributed by atoms with Crippen LogP contribution in [-0.2, 0) is 0 Å². The van der Waals surface area contributed by atoms with Gasteiger partial charge in [-0.05, 0) is 30.7 Å². The van der Waals surface area contributed by atoms with Gasteiger partial charge in [0.1, 0.15) is 11.2 Å². The summed E-state index contributed by atoms with van der Waals surface area (Å²) < 4.78 is 8.78. The van der Waals surface area contributed by atoms with E-state index in [4.69, 9.17) is 4.42 Å². The fourth-order valence-electron chi connectivity index (χ4n) is 3.28.